The highest BCUT2D eigenvalue weighted by molar-refractivity contribution is 9.10. The van der Waals surface area contributed by atoms with Crippen LogP contribution in [0.15, 0.2) is 45.8 Å². The minimum absolute atomic E-state index is 0.0450. The number of hydrogen-bond acceptors (Lipinski definition) is 3. The lowest BCUT2D eigenvalue weighted by atomic mass is 10.3. The van der Waals surface area contributed by atoms with Crippen LogP contribution in [0.1, 0.15) is 0 Å². The third kappa shape index (κ3) is 3.38. The molecule has 0 aliphatic rings. The maximum atomic E-state index is 12.3. The molecular formula is C12H9BrCl2N2O2S. The summed E-state index contributed by atoms with van der Waals surface area (Å²) in [6.45, 7) is 0. The highest BCUT2D eigenvalue weighted by Gasteiger charge is 2.18. The number of nitrogens with one attached hydrogen (secondary N) is 1. The summed E-state index contributed by atoms with van der Waals surface area (Å²) in [6, 6.07) is 8.99. The number of hydrogen-bond donors (Lipinski definition) is 2. The molecule has 0 saturated carbocycles. The fourth-order valence-corrected chi connectivity index (χ4v) is 3.84. The van der Waals surface area contributed by atoms with E-state index in [1.807, 2.05) is 0 Å². The quantitative estimate of drug-likeness (QED) is 0.767. The molecule has 0 aliphatic heterocycles. The molecule has 0 atom stereocenters. The lowest BCUT2D eigenvalue weighted by molar-refractivity contribution is 0.601. The van der Waals surface area contributed by atoms with Crippen molar-refractivity contribution in [3.63, 3.8) is 0 Å². The van der Waals surface area contributed by atoms with Gasteiger partial charge in [-0.2, -0.15) is 0 Å². The highest BCUT2D eigenvalue weighted by Crippen LogP contribution is 2.29. The van der Waals surface area contributed by atoms with E-state index >= 15 is 0 Å². The first-order valence-corrected chi connectivity index (χ1v) is 8.36. The van der Waals surface area contributed by atoms with Gasteiger partial charge in [0.2, 0.25) is 0 Å². The molecule has 0 heterocycles. The smallest absolute Gasteiger partial charge is 0.263 e. The summed E-state index contributed by atoms with van der Waals surface area (Å²) in [6.07, 6.45) is 0. The van der Waals surface area contributed by atoms with Crippen molar-refractivity contribution >= 4 is 60.5 Å². The maximum absolute atomic E-state index is 12.3. The molecular weight excluding hydrogens is 387 g/mol. The molecule has 0 spiro atoms. The second kappa shape index (κ2) is 5.81. The van der Waals surface area contributed by atoms with Crippen LogP contribution in [0, 0.1) is 0 Å². The van der Waals surface area contributed by atoms with Crippen LogP contribution in [0.5, 0.6) is 0 Å². The van der Waals surface area contributed by atoms with E-state index in [0.29, 0.717) is 20.9 Å². The lowest BCUT2D eigenvalue weighted by Crippen LogP contribution is -2.13. The van der Waals surface area contributed by atoms with Crippen LogP contribution < -0.4 is 10.5 Å². The van der Waals surface area contributed by atoms with Crippen LogP contribution in [0.4, 0.5) is 11.4 Å². The first-order valence-electron chi connectivity index (χ1n) is 5.32. The molecule has 2 aromatic carbocycles. The molecule has 0 radical (unpaired) electrons. The zero-order valence-corrected chi connectivity index (χ0v) is 13.8. The van der Waals surface area contributed by atoms with Gasteiger partial charge >= 0.3 is 0 Å². The molecule has 4 nitrogen and oxygen atoms in total. The Balaban J connectivity index is 2.40. The maximum Gasteiger partial charge on any atom is 0.263 e. The molecule has 3 N–H and O–H groups in total. The van der Waals surface area contributed by atoms with Crippen molar-refractivity contribution < 1.29 is 8.42 Å². The van der Waals surface area contributed by atoms with Crippen LogP contribution in [0.25, 0.3) is 0 Å². The van der Waals surface area contributed by atoms with Gasteiger partial charge < -0.3 is 5.73 Å². The molecule has 2 aromatic rings. The van der Waals surface area contributed by atoms with Gasteiger partial charge in [0.15, 0.2) is 0 Å². The number of nitrogens with two attached hydrogens (primary N) is 1. The van der Waals surface area contributed by atoms with Gasteiger partial charge in [0.1, 0.15) is 4.90 Å². The summed E-state index contributed by atoms with van der Waals surface area (Å²) in [5.74, 6) is 0. The monoisotopic (exact) mass is 394 g/mol. The Hall–Kier alpha value is -0.950. The number of nitrogen functional groups attached to an aromatic ring is 1. The molecule has 0 saturated heterocycles. The molecule has 20 heavy (non-hydrogen) atoms. The van der Waals surface area contributed by atoms with E-state index in [9.17, 15) is 8.42 Å². The Kier molecular flexibility index (Phi) is 4.49. The van der Waals surface area contributed by atoms with Crippen molar-refractivity contribution in [2.24, 2.45) is 0 Å². The Labute approximate surface area is 135 Å². The normalized spacial score (nSPS) is 11.3. The van der Waals surface area contributed by atoms with Gasteiger partial charge in [-0.15, -0.1) is 0 Å². The number of anilines is 2. The Morgan fingerprint density at radius 1 is 1.05 bits per heavy atom. The second-order valence-corrected chi connectivity index (χ2v) is 7.24. The van der Waals surface area contributed by atoms with Gasteiger partial charge in [-0.1, -0.05) is 23.2 Å². The van der Waals surface area contributed by atoms with E-state index < -0.39 is 10.0 Å². The van der Waals surface area contributed by atoms with Gasteiger partial charge in [0.05, 0.1) is 15.7 Å². The van der Waals surface area contributed by atoms with Crippen LogP contribution in [-0.2, 0) is 10.0 Å². The number of benzene rings is 2. The Bertz CT molecular complexity index is 766. The lowest BCUT2D eigenvalue weighted by Gasteiger charge is -2.11. The standard InChI is InChI=1S/C12H9BrCl2N2O2S/c13-9-3-1-7(16)5-12(9)20(18,19)17-8-2-4-10(14)11(15)6-8/h1-6,17H,16H2. The molecule has 0 amide bonds. The minimum Gasteiger partial charge on any atom is -0.399 e. The van der Waals surface area contributed by atoms with E-state index in [4.69, 9.17) is 28.9 Å². The SMILES string of the molecule is Nc1ccc(Br)c(S(=O)(=O)Nc2ccc(Cl)c(Cl)c2)c1. The summed E-state index contributed by atoms with van der Waals surface area (Å²) in [5, 5.41) is 0.609. The first-order chi connectivity index (χ1) is 9.29. The minimum atomic E-state index is -3.77. The van der Waals surface area contributed by atoms with Gasteiger partial charge in [-0.3, -0.25) is 4.72 Å². The third-order valence-corrected chi connectivity index (χ3v) is 5.53. The molecule has 0 unspecified atom stereocenters. The number of halogens is 3. The predicted molar refractivity (Wildman–Crippen MR) is 85.8 cm³/mol. The van der Waals surface area contributed by atoms with Crippen molar-refractivity contribution in [1.29, 1.82) is 0 Å². The van der Waals surface area contributed by atoms with Crippen LogP contribution in [0.3, 0.4) is 0 Å². The topological polar surface area (TPSA) is 72.2 Å². The molecule has 0 aliphatic carbocycles. The van der Waals surface area contributed by atoms with Crippen LogP contribution in [0.2, 0.25) is 10.0 Å². The van der Waals surface area contributed by atoms with Gasteiger partial charge in [-0.05, 0) is 52.3 Å². The zero-order chi connectivity index (χ0) is 14.9. The fraction of sp³-hybridized carbons (Fsp3) is 0. The average Bonchev–Trinajstić information content (AvgIpc) is 2.36. The van der Waals surface area contributed by atoms with E-state index in [0.717, 1.165) is 0 Å². The van der Waals surface area contributed by atoms with E-state index in [2.05, 4.69) is 20.7 Å². The highest BCUT2D eigenvalue weighted by atomic mass is 79.9. The molecule has 0 bridgehead atoms. The summed E-state index contributed by atoms with van der Waals surface area (Å²) in [7, 11) is -3.77. The van der Waals surface area contributed by atoms with Crippen LogP contribution in [-0.4, -0.2) is 8.42 Å². The molecule has 106 valence electrons. The van der Waals surface area contributed by atoms with Gasteiger partial charge in [-0.25, -0.2) is 8.42 Å². The van der Waals surface area contributed by atoms with Crippen molar-refractivity contribution in [2.75, 3.05) is 10.5 Å². The number of rotatable bonds is 3. The molecule has 2 rings (SSSR count). The second-order valence-electron chi connectivity index (χ2n) is 3.92. The van der Waals surface area contributed by atoms with Crippen molar-refractivity contribution in [3.05, 3.63) is 50.9 Å². The summed E-state index contributed by atoms with van der Waals surface area (Å²) in [5.41, 5.74) is 6.27. The Morgan fingerprint density at radius 2 is 1.75 bits per heavy atom. The van der Waals surface area contributed by atoms with Gasteiger partial charge in [0.25, 0.3) is 10.0 Å². The Morgan fingerprint density at radius 3 is 2.40 bits per heavy atom. The molecule has 0 aromatic heterocycles. The van der Waals surface area contributed by atoms with Crippen molar-refractivity contribution in [3.8, 4) is 0 Å². The largest absolute Gasteiger partial charge is 0.399 e. The molecule has 0 fully saturated rings. The third-order valence-electron chi connectivity index (χ3n) is 2.42. The fourth-order valence-electron chi connectivity index (χ4n) is 1.50. The summed E-state index contributed by atoms with van der Waals surface area (Å²) < 4.78 is 27.4. The van der Waals surface area contributed by atoms with Crippen LogP contribution >= 0.6 is 39.1 Å². The number of sulfonamides is 1. The van der Waals surface area contributed by atoms with Gasteiger partial charge in [0, 0.05) is 10.2 Å². The predicted octanol–water partition coefficient (Wildman–Crippen LogP) is 4.14. The average molecular weight is 396 g/mol. The summed E-state index contributed by atoms with van der Waals surface area (Å²) in [4.78, 5) is 0.0450. The zero-order valence-electron chi connectivity index (χ0n) is 9.90. The first kappa shape index (κ1) is 15.4. The van der Waals surface area contributed by atoms with Crippen molar-refractivity contribution in [1.82, 2.24) is 0 Å². The van der Waals surface area contributed by atoms with E-state index in [1.165, 1.54) is 24.3 Å². The summed E-state index contributed by atoms with van der Waals surface area (Å²) >= 11 is 14.8. The van der Waals surface area contributed by atoms with E-state index in [-0.39, 0.29) is 9.92 Å². The van der Waals surface area contributed by atoms with E-state index in [1.54, 1.807) is 12.1 Å². The molecule has 8 heteroatoms. The van der Waals surface area contributed by atoms with Crippen molar-refractivity contribution in [2.45, 2.75) is 4.90 Å².